The molecule has 0 amide bonds. The first-order valence-corrected chi connectivity index (χ1v) is 8.79. The second-order valence-corrected chi connectivity index (χ2v) is 7.58. The van der Waals surface area contributed by atoms with E-state index in [2.05, 4.69) is 0 Å². The Bertz CT molecular complexity index is 604. The molecule has 0 heterocycles. The second kappa shape index (κ2) is 8.88. The van der Waals surface area contributed by atoms with Crippen LogP contribution in [0.5, 0.6) is 5.75 Å². The van der Waals surface area contributed by atoms with Crippen LogP contribution in [0.25, 0.3) is 0 Å². The summed E-state index contributed by atoms with van der Waals surface area (Å²) in [6.45, 7) is 11.8. The van der Waals surface area contributed by atoms with Gasteiger partial charge >= 0.3 is 11.9 Å². The lowest BCUT2D eigenvalue weighted by molar-refractivity contribution is -0.141. The Morgan fingerprint density at radius 2 is 1.44 bits per heavy atom. The van der Waals surface area contributed by atoms with Gasteiger partial charge in [0.2, 0.25) is 0 Å². The van der Waals surface area contributed by atoms with E-state index in [1.54, 1.807) is 18.2 Å². The van der Waals surface area contributed by atoms with Gasteiger partial charge < -0.3 is 14.9 Å². The summed E-state index contributed by atoms with van der Waals surface area (Å²) in [6, 6.07) is 5.19. The van der Waals surface area contributed by atoms with Gasteiger partial charge in [0, 0.05) is 5.56 Å². The monoisotopic (exact) mass is 350 g/mol. The molecule has 1 aromatic carbocycles. The number of carboxylic acid groups (broad SMARTS) is 2. The van der Waals surface area contributed by atoms with E-state index in [0.717, 1.165) is 0 Å². The fraction of sp³-hybridized carbons (Fsp3) is 0.600. The maximum absolute atomic E-state index is 11.9. The highest BCUT2D eigenvalue weighted by Crippen LogP contribution is 2.40. The van der Waals surface area contributed by atoms with Gasteiger partial charge in [-0.2, -0.15) is 0 Å². The largest absolute Gasteiger partial charge is 0.493 e. The van der Waals surface area contributed by atoms with Crippen LogP contribution >= 0.6 is 0 Å². The number of hydrogen-bond donors (Lipinski definition) is 2. The van der Waals surface area contributed by atoms with Gasteiger partial charge in [-0.05, 0) is 29.4 Å². The quantitative estimate of drug-likeness (QED) is 0.691. The molecule has 0 saturated carbocycles. The van der Waals surface area contributed by atoms with Crippen LogP contribution < -0.4 is 4.74 Å². The van der Waals surface area contributed by atoms with Gasteiger partial charge in [-0.25, -0.2) is 0 Å². The molecule has 0 spiro atoms. The van der Waals surface area contributed by atoms with E-state index in [4.69, 9.17) is 4.74 Å². The second-order valence-electron chi connectivity index (χ2n) is 7.58. The summed E-state index contributed by atoms with van der Waals surface area (Å²) < 4.78 is 5.87. The molecule has 0 aromatic heterocycles. The lowest BCUT2D eigenvalue weighted by Gasteiger charge is -2.27. The predicted octanol–water partition coefficient (Wildman–Crippen LogP) is 4.37. The molecule has 1 aromatic rings. The highest BCUT2D eigenvalue weighted by Gasteiger charge is 2.35. The Labute approximate surface area is 150 Å². The van der Waals surface area contributed by atoms with Crippen molar-refractivity contribution in [2.75, 3.05) is 6.61 Å². The third-order valence-corrected chi connectivity index (χ3v) is 4.18. The van der Waals surface area contributed by atoms with Crippen LogP contribution in [-0.4, -0.2) is 28.8 Å². The lowest BCUT2D eigenvalue weighted by Crippen LogP contribution is -2.25. The first-order chi connectivity index (χ1) is 11.6. The molecular weight excluding hydrogens is 320 g/mol. The smallest absolute Gasteiger partial charge is 0.311 e. The van der Waals surface area contributed by atoms with Crippen molar-refractivity contribution in [1.29, 1.82) is 0 Å². The molecule has 2 atom stereocenters. The van der Waals surface area contributed by atoms with Crippen molar-refractivity contribution in [3.63, 3.8) is 0 Å². The van der Waals surface area contributed by atoms with Crippen LogP contribution in [0.4, 0.5) is 0 Å². The minimum Gasteiger partial charge on any atom is -0.493 e. The third-order valence-electron chi connectivity index (χ3n) is 4.18. The summed E-state index contributed by atoms with van der Waals surface area (Å²) in [7, 11) is 0. The molecule has 1 rings (SSSR count). The van der Waals surface area contributed by atoms with Crippen molar-refractivity contribution in [2.24, 2.45) is 17.8 Å². The van der Waals surface area contributed by atoms with Gasteiger partial charge in [0.1, 0.15) is 5.75 Å². The van der Waals surface area contributed by atoms with E-state index < -0.39 is 23.8 Å². The molecule has 140 valence electrons. The predicted molar refractivity (Wildman–Crippen MR) is 97.2 cm³/mol. The molecule has 0 bridgehead atoms. The fourth-order valence-electron chi connectivity index (χ4n) is 3.07. The van der Waals surface area contributed by atoms with E-state index >= 15 is 0 Å². The Morgan fingerprint density at radius 3 is 1.84 bits per heavy atom. The minimum atomic E-state index is -0.968. The van der Waals surface area contributed by atoms with Gasteiger partial charge in [0.25, 0.3) is 0 Å². The molecular formula is C20H30O5. The minimum absolute atomic E-state index is 0.168. The molecule has 5 nitrogen and oxygen atoms in total. The van der Waals surface area contributed by atoms with Gasteiger partial charge in [-0.1, -0.05) is 53.7 Å². The Hall–Kier alpha value is -2.04. The van der Waals surface area contributed by atoms with E-state index in [1.807, 2.05) is 41.5 Å². The summed E-state index contributed by atoms with van der Waals surface area (Å²) >= 11 is 0. The molecule has 0 aliphatic carbocycles. The van der Waals surface area contributed by atoms with Crippen LogP contribution in [0, 0.1) is 17.8 Å². The van der Waals surface area contributed by atoms with Crippen molar-refractivity contribution in [3.8, 4) is 5.75 Å². The lowest BCUT2D eigenvalue weighted by atomic mass is 9.78. The first kappa shape index (κ1) is 21.0. The van der Waals surface area contributed by atoms with Crippen molar-refractivity contribution < 1.29 is 24.5 Å². The van der Waals surface area contributed by atoms with E-state index in [0.29, 0.717) is 23.5 Å². The zero-order chi connectivity index (χ0) is 19.3. The SMILES string of the molecule is CC(C)COc1cccc(C(C(=O)O)C(C)C)c1C(C(=O)O)C(C)C. The maximum Gasteiger partial charge on any atom is 0.311 e. The highest BCUT2D eigenvalue weighted by atomic mass is 16.5. The Kier molecular flexibility index (Phi) is 7.46. The molecule has 0 saturated heterocycles. The van der Waals surface area contributed by atoms with Crippen molar-refractivity contribution in [3.05, 3.63) is 29.3 Å². The first-order valence-electron chi connectivity index (χ1n) is 8.79. The van der Waals surface area contributed by atoms with Crippen LogP contribution in [0.15, 0.2) is 18.2 Å². The van der Waals surface area contributed by atoms with Gasteiger partial charge in [0.15, 0.2) is 0 Å². The maximum atomic E-state index is 11.9. The van der Waals surface area contributed by atoms with Crippen LogP contribution in [0.3, 0.4) is 0 Å². The topological polar surface area (TPSA) is 83.8 Å². The van der Waals surface area contributed by atoms with Gasteiger partial charge in [-0.3, -0.25) is 9.59 Å². The van der Waals surface area contributed by atoms with Gasteiger partial charge in [0.05, 0.1) is 18.4 Å². The average molecular weight is 350 g/mol. The summed E-state index contributed by atoms with van der Waals surface area (Å²) in [5.41, 5.74) is 1.02. The number of carboxylic acids is 2. The average Bonchev–Trinajstić information content (AvgIpc) is 2.45. The number of aliphatic carboxylic acids is 2. The van der Waals surface area contributed by atoms with E-state index in [-0.39, 0.29) is 17.8 Å². The van der Waals surface area contributed by atoms with Crippen molar-refractivity contribution in [2.45, 2.75) is 53.4 Å². The van der Waals surface area contributed by atoms with Crippen LogP contribution in [0.1, 0.15) is 64.5 Å². The Morgan fingerprint density at radius 1 is 0.920 bits per heavy atom. The molecule has 25 heavy (non-hydrogen) atoms. The number of hydrogen-bond acceptors (Lipinski definition) is 3. The zero-order valence-electron chi connectivity index (χ0n) is 15.9. The van der Waals surface area contributed by atoms with Crippen LogP contribution in [-0.2, 0) is 9.59 Å². The summed E-state index contributed by atoms with van der Waals surface area (Å²) in [4.78, 5) is 23.8. The van der Waals surface area contributed by atoms with Crippen molar-refractivity contribution in [1.82, 2.24) is 0 Å². The molecule has 2 N–H and O–H groups in total. The number of carbonyl (C=O) groups is 2. The molecule has 0 aliphatic rings. The third kappa shape index (κ3) is 5.21. The molecule has 5 heteroatoms. The molecule has 0 fully saturated rings. The molecule has 0 aliphatic heterocycles. The fourth-order valence-corrected chi connectivity index (χ4v) is 3.07. The normalized spacial score (nSPS) is 14.0. The summed E-state index contributed by atoms with van der Waals surface area (Å²) in [5.74, 6) is -3.13. The van der Waals surface area contributed by atoms with Crippen molar-refractivity contribution >= 4 is 11.9 Å². The van der Waals surface area contributed by atoms with E-state index in [9.17, 15) is 19.8 Å². The number of benzene rings is 1. The number of rotatable bonds is 9. The van der Waals surface area contributed by atoms with Gasteiger partial charge in [-0.15, -0.1) is 0 Å². The molecule has 0 radical (unpaired) electrons. The number of ether oxygens (including phenoxy) is 1. The molecule has 2 unspecified atom stereocenters. The summed E-state index contributed by atoms with van der Waals surface area (Å²) in [5, 5.41) is 19.5. The summed E-state index contributed by atoms with van der Waals surface area (Å²) in [6.07, 6.45) is 0. The standard InChI is InChI=1S/C20H30O5/c1-11(2)10-25-15-9-7-8-14(16(12(3)4)19(21)22)18(15)17(13(5)6)20(23)24/h7-9,11-13,16-17H,10H2,1-6H3,(H,21,22)(H,23,24). The Balaban J connectivity index is 3.62. The highest BCUT2D eigenvalue weighted by molar-refractivity contribution is 5.82. The van der Waals surface area contributed by atoms with Crippen LogP contribution in [0.2, 0.25) is 0 Å². The zero-order valence-corrected chi connectivity index (χ0v) is 15.9. The van der Waals surface area contributed by atoms with E-state index in [1.165, 1.54) is 0 Å².